The molecule has 1 heterocycles. The van der Waals surface area contributed by atoms with Crippen LogP contribution >= 0.6 is 0 Å². The van der Waals surface area contributed by atoms with Gasteiger partial charge in [0.25, 0.3) is 0 Å². The summed E-state index contributed by atoms with van der Waals surface area (Å²) in [5.74, 6) is -0.563. The largest absolute Gasteiger partial charge is 0.484 e. The summed E-state index contributed by atoms with van der Waals surface area (Å²) in [5, 5.41) is 2.72. The van der Waals surface area contributed by atoms with Crippen molar-refractivity contribution in [3.63, 3.8) is 0 Å². The molecule has 0 radical (unpaired) electrons. The fraction of sp³-hybridized carbons (Fsp3) is 0.381. The monoisotopic (exact) mass is 456 g/mol. The molecule has 1 fully saturated rings. The Morgan fingerprint density at radius 2 is 1.65 bits per heavy atom. The summed E-state index contributed by atoms with van der Waals surface area (Å²) in [5.41, 5.74) is 1.40. The Bertz CT molecular complexity index is 998. The number of amides is 1. The fourth-order valence-corrected chi connectivity index (χ4v) is 4.73. The molecule has 0 spiro atoms. The van der Waals surface area contributed by atoms with Crippen LogP contribution in [-0.4, -0.2) is 44.5 Å². The van der Waals surface area contributed by atoms with Crippen molar-refractivity contribution in [2.45, 2.75) is 30.8 Å². The van der Waals surface area contributed by atoms with Crippen molar-refractivity contribution >= 4 is 21.6 Å². The lowest BCUT2D eigenvalue weighted by Crippen LogP contribution is -2.41. The van der Waals surface area contributed by atoms with Crippen LogP contribution in [-0.2, 0) is 14.8 Å². The van der Waals surface area contributed by atoms with E-state index in [1.54, 1.807) is 24.3 Å². The van der Waals surface area contributed by atoms with Gasteiger partial charge in [0, 0.05) is 24.7 Å². The maximum Gasteiger partial charge on any atom is 0.422 e. The number of carbonyl (C=O) groups is 1. The van der Waals surface area contributed by atoms with E-state index in [1.165, 1.54) is 28.6 Å². The Hall–Kier alpha value is -2.59. The second-order valence-electron chi connectivity index (χ2n) is 7.41. The van der Waals surface area contributed by atoms with Gasteiger partial charge in [-0.3, -0.25) is 4.79 Å². The standard InChI is InChI=1S/C21H23F3N2O4S/c1-15-2-8-19(9-3-15)31(28,29)26-12-10-16(11-13-26)20(27)25-17-4-6-18(7-5-17)30-14-21(22,23)24/h2-9,16H,10-14H2,1H3,(H,25,27). The molecule has 0 aromatic heterocycles. The first kappa shape index (κ1) is 23.1. The van der Waals surface area contributed by atoms with E-state index in [2.05, 4.69) is 10.1 Å². The van der Waals surface area contributed by atoms with Crippen LogP contribution in [0.25, 0.3) is 0 Å². The van der Waals surface area contributed by atoms with E-state index < -0.39 is 22.8 Å². The topological polar surface area (TPSA) is 75.7 Å². The van der Waals surface area contributed by atoms with E-state index in [-0.39, 0.29) is 35.6 Å². The molecule has 1 aliphatic rings. The van der Waals surface area contributed by atoms with Crippen LogP contribution in [0.4, 0.5) is 18.9 Å². The molecule has 1 N–H and O–H groups in total. The number of halogens is 3. The number of anilines is 1. The second-order valence-corrected chi connectivity index (χ2v) is 9.35. The summed E-state index contributed by atoms with van der Waals surface area (Å²) < 4.78 is 68.1. The summed E-state index contributed by atoms with van der Waals surface area (Å²) in [6, 6.07) is 12.2. The summed E-state index contributed by atoms with van der Waals surface area (Å²) in [6.45, 7) is 0.962. The number of sulfonamides is 1. The van der Waals surface area contributed by atoms with Gasteiger partial charge in [0.05, 0.1) is 4.90 Å². The predicted octanol–water partition coefficient (Wildman–Crippen LogP) is 3.98. The van der Waals surface area contributed by atoms with Gasteiger partial charge >= 0.3 is 6.18 Å². The fourth-order valence-electron chi connectivity index (χ4n) is 3.26. The Morgan fingerprint density at radius 1 is 1.06 bits per heavy atom. The highest BCUT2D eigenvalue weighted by Crippen LogP contribution is 2.26. The highest BCUT2D eigenvalue weighted by atomic mass is 32.2. The van der Waals surface area contributed by atoms with Crippen LogP contribution in [0.1, 0.15) is 18.4 Å². The molecule has 10 heteroatoms. The van der Waals surface area contributed by atoms with Crippen LogP contribution < -0.4 is 10.1 Å². The van der Waals surface area contributed by atoms with E-state index in [0.29, 0.717) is 18.5 Å². The van der Waals surface area contributed by atoms with Gasteiger partial charge in [-0.15, -0.1) is 0 Å². The zero-order chi connectivity index (χ0) is 22.6. The summed E-state index contributed by atoms with van der Waals surface area (Å²) >= 11 is 0. The zero-order valence-electron chi connectivity index (χ0n) is 16.9. The minimum absolute atomic E-state index is 0.0462. The lowest BCUT2D eigenvalue weighted by molar-refractivity contribution is -0.153. The minimum atomic E-state index is -4.42. The summed E-state index contributed by atoms with van der Waals surface area (Å²) in [4.78, 5) is 12.7. The van der Waals surface area contributed by atoms with Gasteiger partial charge in [-0.05, 0) is 56.2 Å². The first-order chi connectivity index (χ1) is 14.5. The average Bonchev–Trinajstić information content (AvgIpc) is 2.73. The third-order valence-electron chi connectivity index (χ3n) is 5.01. The maximum absolute atomic E-state index is 12.8. The Kier molecular flexibility index (Phi) is 6.90. The van der Waals surface area contributed by atoms with Gasteiger partial charge in [0.2, 0.25) is 15.9 Å². The molecule has 0 unspecified atom stereocenters. The van der Waals surface area contributed by atoms with Gasteiger partial charge in [-0.25, -0.2) is 8.42 Å². The number of hydrogen-bond acceptors (Lipinski definition) is 4. The maximum atomic E-state index is 12.8. The molecule has 0 aliphatic carbocycles. The lowest BCUT2D eigenvalue weighted by atomic mass is 9.97. The number of nitrogens with one attached hydrogen (secondary N) is 1. The number of nitrogens with zero attached hydrogens (tertiary/aromatic N) is 1. The number of rotatable bonds is 6. The number of ether oxygens (including phenoxy) is 1. The number of piperidine rings is 1. The quantitative estimate of drug-likeness (QED) is 0.714. The molecule has 168 valence electrons. The molecule has 0 bridgehead atoms. The van der Waals surface area contributed by atoms with E-state index in [9.17, 15) is 26.4 Å². The average molecular weight is 456 g/mol. The van der Waals surface area contributed by atoms with Crippen LogP contribution in [0.3, 0.4) is 0 Å². The van der Waals surface area contributed by atoms with E-state index in [1.807, 2.05) is 6.92 Å². The van der Waals surface area contributed by atoms with Crippen molar-refractivity contribution in [1.29, 1.82) is 0 Å². The van der Waals surface area contributed by atoms with Crippen molar-refractivity contribution in [3.8, 4) is 5.75 Å². The summed E-state index contributed by atoms with van der Waals surface area (Å²) in [6.07, 6.45) is -3.66. The van der Waals surface area contributed by atoms with Crippen LogP contribution in [0.2, 0.25) is 0 Å². The molecule has 1 saturated heterocycles. The molecule has 1 amide bonds. The molecular formula is C21H23F3N2O4S. The molecule has 31 heavy (non-hydrogen) atoms. The highest BCUT2D eigenvalue weighted by molar-refractivity contribution is 7.89. The molecular weight excluding hydrogens is 433 g/mol. The molecule has 2 aromatic rings. The first-order valence-electron chi connectivity index (χ1n) is 9.72. The van der Waals surface area contributed by atoms with Crippen LogP contribution in [0, 0.1) is 12.8 Å². The van der Waals surface area contributed by atoms with Crippen molar-refractivity contribution in [3.05, 3.63) is 54.1 Å². The van der Waals surface area contributed by atoms with E-state index >= 15 is 0 Å². The van der Waals surface area contributed by atoms with Gasteiger partial charge < -0.3 is 10.1 Å². The number of alkyl halides is 3. The van der Waals surface area contributed by atoms with Crippen molar-refractivity contribution < 1.29 is 31.1 Å². The predicted molar refractivity (Wildman–Crippen MR) is 109 cm³/mol. The summed E-state index contributed by atoms with van der Waals surface area (Å²) in [7, 11) is -3.60. The Balaban J connectivity index is 1.52. The van der Waals surface area contributed by atoms with Gasteiger partial charge in [0.1, 0.15) is 5.75 Å². The van der Waals surface area contributed by atoms with Gasteiger partial charge in [-0.1, -0.05) is 17.7 Å². The van der Waals surface area contributed by atoms with Crippen molar-refractivity contribution in [2.24, 2.45) is 5.92 Å². The number of hydrogen-bond donors (Lipinski definition) is 1. The normalized spacial score (nSPS) is 16.1. The van der Waals surface area contributed by atoms with Crippen LogP contribution in [0.15, 0.2) is 53.4 Å². The minimum Gasteiger partial charge on any atom is -0.484 e. The number of aryl methyl sites for hydroxylation is 1. The molecule has 3 rings (SSSR count). The Morgan fingerprint density at radius 3 is 2.19 bits per heavy atom. The molecule has 0 atom stereocenters. The van der Waals surface area contributed by atoms with Crippen LogP contribution in [0.5, 0.6) is 5.75 Å². The van der Waals surface area contributed by atoms with E-state index in [0.717, 1.165) is 5.56 Å². The molecule has 2 aromatic carbocycles. The third kappa shape index (κ3) is 6.20. The first-order valence-corrected chi connectivity index (χ1v) is 11.2. The third-order valence-corrected chi connectivity index (χ3v) is 6.92. The SMILES string of the molecule is Cc1ccc(S(=O)(=O)N2CCC(C(=O)Nc3ccc(OCC(F)(F)F)cc3)CC2)cc1. The Labute approximate surface area is 179 Å². The molecule has 6 nitrogen and oxygen atoms in total. The number of benzene rings is 2. The van der Waals surface area contributed by atoms with E-state index in [4.69, 9.17) is 0 Å². The number of carbonyl (C=O) groups excluding carboxylic acids is 1. The highest BCUT2D eigenvalue weighted by Gasteiger charge is 2.32. The molecule has 1 aliphatic heterocycles. The second kappa shape index (κ2) is 9.27. The smallest absolute Gasteiger partial charge is 0.422 e. The van der Waals surface area contributed by atoms with Gasteiger partial charge in [0.15, 0.2) is 6.61 Å². The lowest BCUT2D eigenvalue weighted by Gasteiger charge is -2.30. The van der Waals surface area contributed by atoms with Crippen molar-refractivity contribution in [2.75, 3.05) is 25.0 Å². The molecule has 0 saturated carbocycles. The zero-order valence-corrected chi connectivity index (χ0v) is 17.7. The van der Waals surface area contributed by atoms with Crippen molar-refractivity contribution in [1.82, 2.24) is 4.31 Å². The van der Waals surface area contributed by atoms with Gasteiger partial charge in [-0.2, -0.15) is 17.5 Å².